The first-order valence-corrected chi connectivity index (χ1v) is 10.7. The number of hydrogen-bond acceptors (Lipinski definition) is 5. The molecule has 0 aliphatic heterocycles. The number of rotatable bonds is 8. The summed E-state index contributed by atoms with van der Waals surface area (Å²) in [5.41, 5.74) is 1.22. The first kappa shape index (κ1) is 22.4. The van der Waals surface area contributed by atoms with E-state index in [0.29, 0.717) is 12.1 Å². The maximum absolute atomic E-state index is 12.7. The molecule has 0 aromatic heterocycles. The van der Waals surface area contributed by atoms with Crippen LogP contribution in [0.3, 0.4) is 0 Å². The number of sulfonamides is 1. The smallest absolute Gasteiger partial charge is 0.408 e. The van der Waals surface area contributed by atoms with Crippen molar-refractivity contribution in [2.75, 3.05) is 5.32 Å². The normalized spacial score (nSPS) is 13.2. The van der Waals surface area contributed by atoms with E-state index in [1.54, 1.807) is 0 Å². The van der Waals surface area contributed by atoms with Crippen molar-refractivity contribution in [1.29, 1.82) is 0 Å². The highest BCUT2D eigenvalue weighted by atomic mass is 32.2. The first-order chi connectivity index (χ1) is 13.7. The molecule has 0 saturated carbocycles. The van der Waals surface area contributed by atoms with Crippen LogP contribution in [0.1, 0.15) is 25.8 Å². The number of primary sulfonamides is 1. The molecule has 4 N–H and O–H groups in total. The Morgan fingerprint density at radius 1 is 1.07 bits per heavy atom. The Labute approximate surface area is 170 Å². The molecule has 0 saturated heterocycles. The molecule has 156 valence electrons. The van der Waals surface area contributed by atoms with Gasteiger partial charge in [0.1, 0.15) is 12.6 Å². The van der Waals surface area contributed by atoms with Crippen LogP contribution in [0.5, 0.6) is 0 Å². The van der Waals surface area contributed by atoms with E-state index in [2.05, 4.69) is 10.6 Å². The molecule has 0 aliphatic rings. The van der Waals surface area contributed by atoms with Crippen molar-refractivity contribution >= 4 is 27.7 Å². The lowest BCUT2D eigenvalue weighted by molar-refractivity contribution is -0.119. The molecule has 2 amide bonds. The Kier molecular flexibility index (Phi) is 7.74. The summed E-state index contributed by atoms with van der Waals surface area (Å²) in [7, 11) is -3.81. The molecule has 0 bridgehead atoms. The quantitative estimate of drug-likeness (QED) is 0.606. The number of nitrogens with two attached hydrogens (primary N) is 1. The maximum Gasteiger partial charge on any atom is 0.408 e. The van der Waals surface area contributed by atoms with Crippen molar-refractivity contribution in [3.63, 3.8) is 0 Å². The Bertz CT molecular complexity index is 930. The van der Waals surface area contributed by atoms with Gasteiger partial charge in [-0.25, -0.2) is 18.4 Å². The summed E-state index contributed by atoms with van der Waals surface area (Å²) in [5, 5.41) is 10.3. The van der Waals surface area contributed by atoms with Crippen molar-refractivity contribution in [3.8, 4) is 0 Å². The van der Waals surface area contributed by atoms with E-state index in [-0.39, 0.29) is 17.4 Å². The lowest BCUT2D eigenvalue weighted by atomic mass is 9.98. The van der Waals surface area contributed by atoms with Crippen molar-refractivity contribution in [2.24, 2.45) is 11.1 Å². The largest absolute Gasteiger partial charge is 0.445 e. The Hall–Kier alpha value is -2.91. The number of anilines is 1. The molecule has 0 aliphatic carbocycles. The lowest BCUT2D eigenvalue weighted by Gasteiger charge is -2.23. The predicted molar refractivity (Wildman–Crippen MR) is 109 cm³/mol. The van der Waals surface area contributed by atoms with Crippen molar-refractivity contribution < 1.29 is 22.7 Å². The molecule has 9 heteroatoms. The number of nitrogens with one attached hydrogen (secondary N) is 2. The highest BCUT2D eigenvalue weighted by molar-refractivity contribution is 7.89. The van der Waals surface area contributed by atoms with Crippen LogP contribution < -0.4 is 15.8 Å². The number of amides is 2. The molecule has 0 heterocycles. The summed E-state index contributed by atoms with van der Waals surface area (Å²) in [6.45, 7) is 3.84. The highest BCUT2D eigenvalue weighted by Gasteiger charge is 2.26. The number of hydrogen-bond donors (Lipinski definition) is 3. The number of carbonyl (C=O) groups excluding carboxylic acids is 2. The SMILES string of the molecule is CC[C@H](C)[C@H](NC(=O)OCc1ccccc1)C(=O)Nc1ccc(S(N)(=O)=O)cc1. The standard InChI is InChI=1S/C20H25N3O5S/c1-3-14(2)18(23-20(25)28-13-15-7-5-4-6-8-15)19(24)22-16-9-11-17(12-10-16)29(21,26)27/h4-12,14,18H,3,13H2,1-2H3,(H,22,24)(H,23,25)(H2,21,26,27)/t14-,18-/m0/s1. The van der Waals surface area contributed by atoms with Gasteiger partial charge in [-0.15, -0.1) is 0 Å². The zero-order chi connectivity index (χ0) is 21.4. The molecule has 2 rings (SSSR count). The minimum Gasteiger partial charge on any atom is -0.445 e. The minimum absolute atomic E-state index is 0.0587. The molecule has 0 radical (unpaired) electrons. The molecule has 2 aromatic rings. The van der Waals surface area contributed by atoms with E-state index in [9.17, 15) is 18.0 Å². The van der Waals surface area contributed by atoms with Crippen molar-refractivity contribution in [2.45, 2.75) is 37.8 Å². The van der Waals surface area contributed by atoms with Gasteiger partial charge in [-0.3, -0.25) is 4.79 Å². The average molecular weight is 420 g/mol. The van der Waals surface area contributed by atoms with Gasteiger partial charge in [0.2, 0.25) is 15.9 Å². The number of carbonyl (C=O) groups is 2. The van der Waals surface area contributed by atoms with Gasteiger partial charge >= 0.3 is 6.09 Å². The van der Waals surface area contributed by atoms with Crippen LogP contribution in [0.15, 0.2) is 59.5 Å². The number of benzene rings is 2. The van der Waals surface area contributed by atoms with Crippen LogP contribution in [0.4, 0.5) is 10.5 Å². The van der Waals surface area contributed by atoms with Crippen molar-refractivity contribution in [1.82, 2.24) is 5.32 Å². The molecule has 0 fully saturated rings. The Balaban J connectivity index is 2.01. The van der Waals surface area contributed by atoms with Gasteiger partial charge in [0.25, 0.3) is 0 Å². The fourth-order valence-corrected chi connectivity index (χ4v) is 3.06. The van der Waals surface area contributed by atoms with E-state index >= 15 is 0 Å². The monoisotopic (exact) mass is 419 g/mol. The van der Waals surface area contributed by atoms with Gasteiger partial charge in [0, 0.05) is 5.69 Å². The van der Waals surface area contributed by atoms with Gasteiger partial charge in [-0.1, -0.05) is 50.6 Å². The number of ether oxygens (including phenoxy) is 1. The van der Waals surface area contributed by atoms with Crippen LogP contribution in [-0.2, 0) is 26.2 Å². The summed E-state index contributed by atoms with van der Waals surface area (Å²) < 4.78 is 27.8. The Morgan fingerprint density at radius 3 is 2.24 bits per heavy atom. The lowest BCUT2D eigenvalue weighted by Crippen LogP contribution is -2.47. The van der Waals surface area contributed by atoms with Gasteiger partial charge in [0.15, 0.2) is 0 Å². The van der Waals surface area contributed by atoms with Crippen molar-refractivity contribution in [3.05, 3.63) is 60.2 Å². The van der Waals surface area contributed by atoms with Crippen LogP contribution in [-0.4, -0.2) is 26.5 Å². The van der Waals surface area contributed by atoms with E-state index in [1.807, 2.05) is 44.2 Å². The third kappa shape index (κ3) is 6.88. The predicted octanol–water partition coefficient (Wildman–Crippen LogP) is 2.61. The maximum atomic E-state index is 12.7. The summed E-state index contributed by atoms with van der Waals surface area (Å²) >= 11 is 0. The summed E-state index contributed by atoms with van der Waals surface area (Å²) in [5.74, 6) is -0.581. The zero-order valence-electron chi connectivity index (χ0n) is 16.3. The molecule has 0 spiro atoms. The van der Waals surface area contributed by atoms with E-state index in [4.69, 9.17) is 9.88 Å². The molecular weight excluding hydrogens is 394 g/mol. The third-order valence-electron chi connectivity index (χ3n) is 4.43. The summed E-state index contributed by atoms with van der Waals surface area (Å²) in [6.07, 6.45) is -0.0413. The minimum atomic E-state index is -3.81. The second kappa shape index (κ2) is 10.0. The second-order valence-corrected chi connectivity index (χ2v) is 8.19. The van der Waals surface area contributed by atoms with Gasteiger partial charge in [-0.05, 0) is 35.7 Å². The molecule has 29 heavy (non-hydrogen) atoms. The van der Waals surface area contributed by atoms with E-state index in [1.165, 1.54) is 24.3 Å². The van der Waals surface area contributed by atoms with Gasteiger partial charge in [-0.2, -0.15) is 0 Å². The van der Waals surface area contributed by atoms with Gasteiger partial charge in [0.05, 0.1) is 4.90 Å². The first-order valence-electron chi connectivity index (χ1n) is 9.11. The topological polar surface area (TPSA) is 128 Å². The summed E-state index contributed by atoms with van der Waals surface area (Å²) in [6, 6.07) is 13.8. The molecule has 8 nitrogen and oxygen atoms in total. The molecule has 2 aromatic carbocycles. The number of alkyl carbamates (subject to hydrolysis) is 1. The Morgan fingerprint density at radius 2 is 1.69 bits per heavy atom. The van der Waals surface area contributed by atoms with Crippen LogP contribution in [0.2, 0.25) is 0 Å². The molecular formula is C20H25N3O5S. The fourth-order valence-electron chi connectivity index (χ4n) is 2.54. The van der Waals surface area contributed by atoms with Gasteiger partial charge < -0.3 is 15.4 Å². The van der Waals surface area contributed by atoms with E-state index in [0.717, 1.165) is 5.56 Å². The average Bonchev–Trinajstić information content (AvgIpc) is 2.70. The zero-order valence-corrected chi connectivity index (χ0v) is 17.1. The van der Waals surface area contributed by atoms with Crippen LogP contribution >= 0.6 is 0 Å². The summed E-state index contributed by atoms with van der Waals surface area (Å²) in [4.78, 5) is 24.8. The fraction of sp³-hybridized carbons (Fsp3) is 0.300. The van der Waals surface area contributed by atoms with Crippen LogP contribution in [0, 0.1) is 5.92 Å². The van der Waals surface area contributed by atoms with Crippen LogP contribution in [0.25, 0.3) is 0 Å². The highest BCUT2D eigenvalue weighted by Crippen LogP contribution is 2.15. The second-order valence-electron chi connectivity index (χ2n) is 6.63. The molecule has 2 atom stereocenters. The third-order valence-corrected chi connectivity index (χ3v) is 5.36. The molecule has 0 unspecified atom stereocenters. The van der Waals surface area contributed by atoms with E-state index < -0.39 is 28.1 Å².